The second-order valence-corrected chi connectivity index (χ2v) is 7.23. The van der Waals surface area contributed by atoms with Crippen molar-refractivity contribution in [1.82, 2.24) is 4.90 Å². The molecule has 0 unspecified atom stereocenters. The van der Waals surface area contributed by atoms with Crippen molar-refractivity contribution in [1.29, 1.82) is 0 Å². The Morgan fingerprint density at radius 2 is 2.27 bits per heavy atom. The maximum Gasteiger partial charge on any atom is 0.119 e. The molecule has 1 saturated heterocycles. The molecule has 1 saturated carbocycles. The molecule has 1 aromatic rings. The van der Waals surface area contributed by atoms with E-state index in [9.17, 15) is 0 Å². The lowest BCUT2D eigenvalue weighted by Crippen LogP contribution is -2.60. The van der Waals surface area contributed by atoms with Crippen molar-refractivity contribution >= 4 is 0 Å². The van der Waals surface area contributed by atoms with Gasteiger partial charge >= 0.3 is 0 Å². The number of methoxy groups -OCH3 is 1. The first-order valence-electron chi connectivity index (χ1n) is 8.63. The fourth-order valence-corrected chi connectivity index (χ4v) is 5.50. The van der Waals surface area contributed by atoms with E-state index in [0.29, 0.717) is 11.5 Å². The van der Waals surface area contributed by atoms with Crippen LogP contribution in [-0.4, -0.2) is 31.1 Å². The van der Waals surface area contributed by atoms with Crippen LogP contribution in [-0.2, 0) is 11.8 Å². The highest BCUT2D eigenvalue weighted by atomic mass is 16.5. The predicted molar refractivity (Wildman–Crippen MR) is 89.1 cm³/mol. The largest absolute Gasteiger partial charge is 0.497 e. The zero-order valence-corrected chi connectivity index (χ0v) is 13.5. The van der Waals surface area contributed by atoms with Gasteiger partial charge in [0.15, 0.2) is 0 Å². The molecule has 2 nitrogen and oxygen atoms in total. The van der Waals surface area contributed by atoms with Gasteiger partial charge in [-0.3, -0.25) is 4.90 Å². The first kappa shape index (κ1) is 14.2. The van der Waals surface area contributed by atoms with Crippen LogP contribution in [0.1, 0.15) is 43.2 Å². The van der Waals surface area contributed by atoms with Crippen LogP contribution in [0.5, 0.6) is 5.75 Å². The van der Waals surface area contributed by atoms with E-state index in [-0.39, 0.29) is 0 Å². The quantitative estimate of drug-likeness (QED) is 0.776. The van der Waals surface area contributed by atoms with Gasteiger partial charge in [-0.2, -0.15) is 0 Å². The number of nitrogens with zero attached hydrogens (tertiary/aromatic N) is 1. The number of hydrogen-bond acceptors (Lipinski definition) is 2. The number of hydrogen-bond donors (Lipinski definition) is 0. The topological polar surface area (TPSA) is 12.5 Å². The van der Waals surface area contributed by atoms with Crippen molar-refractivity contribution in [3.63, 3.8) is 0 Å². The van der Waals surface area contributed by atoms with Gasteiger partial charge in [0.05, 0.1) is 13.7 Å². The summed E-state index contributed by atoms with van der Waals surface area (Å²) in [5, 5.41) is 0. The SMILES string of the molecule is C#CCN1CC[C@]23CCCC[C@H]2[C@@H]1Cc1ccc(OC)cc13. The predicted octanol–water partition coefficient (Wildman–Crippen LogP) is 3.39. The number of piperidine rings is 1. The molecule has 2 bridgehead atoms. The molecule has 3 atom stereocenters. The van der Waals surface area contributed by atoms with E-state index in [1.807, 2.05) is 0 Å². The standard InChI is InChI=1S/C20H25NO/c1-3-11-21-12-10-20-9-5-4-6-17(20)19(21)13-15-7-8-16(22-2)14-18(15)20/h1,7-8,14,17,19H,4-6,9-13H2,2H3/t17-,19-,20+/m0/s1. The molecule has 3 aliphatic rings. The number of fused-ring (bicyclic) bond motifs is 1. The summed E-state index contributed by atoms with van der Waals surface area (Å²) < 4.78 is 5.52. The van der Waals surface area contributed by atoms with Crippen LogP contribution in [0.15, 0.2) is 18.2 Å². The Kier molecular flexibility index (Phi) is 3.42. The molecule has 0 radical (unpaired) electrons. The van der Waals surface area contributed by atoms with Crippen molar-refractivity contribution < 1.29 is 4.74 Å². The van der Waals surface area contributed by atoms with Gasteiger partial charge in [-0.1, -0.05) is 24.8 Å². The normalized spacial score (nSPS) is 33.5. The molecular formula is C20H25NO. The summed E-state index contributed by atoms with van der Waals surface area (Å²) in [4.78, 5) is 2.57. The van der Waals surface area contributed by atoms with Crippen LogP contribution in [0.3, 0.4) is 0 Å². The third-order valence-electron chi connectivity index (χ3n) is 6.45. The minimum Gasteiger partial charge on any atom is -0.497 e. The van der Waals surface area contributed by atoms with Crippen molar-refractivity contribution in [2.45, 2.75) is 50.0 Å². The summed E-state index contributed by atoms with van der Waals surface area (Å²) >= 11 is 0. The highest BCUT2D eigenvalue weighted by Gasteiger charge is 2.53. The molecule has 0 spiro atoms. The molecule has 0 aromatic heterocycles. The van der Waals surface area contributed by atoms with Crippen LogP contribution in [0.4, 0.5) is 0 Å². The Morgan fingerprint density at radius 1 is 1.36 bits per heavy atom. The summed E-state index contributed by atoms with van der Waals surface area (Å²) in [6.07, 6.45) is 13.5. The second-order valence-electron chi connectivity index (χ2n) is 7.23. The molecule has 0 N–H and O–H groups in total. The molecule has 0 amide bonds. The Labute approximate surface area is 133 Å². The van der Waals surface area contributed by atoms with Gasteiger partial charge in [0.2, 0.25) is 0 Å². The average Bonchev–Trinajstić information content (AvgIpc) is 2.57. The smallest absolute Gasteiger partial charge is 0.119 e. The van der Waals surface area contributed by atoms with Gasteiger partial charge in [0.1, 0.15) is 5.75 Å². The van der Waals surface area contributed by atoms with Gasteiger partial charge in [-0.15, -0.1) is 6.42 Å². The lowest BCUT2D eigenvalue weighted by atomic mass is 9.52. The molecule has 2 aliphatic carbocycles. The number of benzene rings is 1. The third kappa shape index (κ3) is 1.92. The molecule has 22 heavy (non-hydrogen) atoms. The van der Waals surface area contributed by atoms with Crippen molar-refractivity contribution in [3.8, 4) is 18.1 Å². The number of rotatable bonds is 2. The highest BCUT2D eigenvalue weighted by Crippen LogP contribution is 2.56. The summed E-state index contributed by atoms with van der Waals surface area (Å²) in [7, 11) is 1.78. The van der Waals surface area contributed by atoms with E-state index in [1.54, 1.807) is 12.7 Å². The van der Waals surface area contributed by atoms with Crippen molar-refractivity contribution in [2.24, 2.45) is 5.92 Å². The van der Waals surface area contributed by atoms with Crippen LogP contribution < -0.4 is 4.74 Å². The molecule has 2 heteroatoms. The van der Waals surface area contributed by atoms with E-state index >= 15 is 0 Å². The summed E-state index contributed by atoms with van der Waals surface area (Å²) in [6.45, 7) is 1.96. The van der Waals surface area contributed by atoms with Crippen LogP contribution in [0.2, 0.25) is 0 Å². The lowest BCUT2D eigenvalue weighted by molar-refractivity contribution is -0.00416. The molecule has 1 aromatic carbocycles. The van der Waals surface area contributed by atoms with Gasteiger partial charge in [-0.25, -0.2) is 0 Å². The van der Waals surface area contributed by atoms with E-state index < -0.39 is 0 Å². The molecule has 1 aliphatic heterocycles. The highest BCUT2D eigenvalue weighted by molar-refractivity contribution is 5.45. The second kappa shape index (κ2) is 5.32. The molecule has 116 valence electrons. The Hall–Kier alpha value is -1.46. The van der Waals surface area contributed by atoms with Crippen LogP contribution in [0, 0.1) is 18.3 Å². The molecular weight excluding hydrogens is 270 g/mol. The van der Waals surface area contributed by atoms with Gasteiger partial charge in [0.25, 0.3) is 0 Å². The minimum absolute atomic E-state index is 0.385. The minimum atomic E-state index is 0.385. The average molecular weight is 295 g/mol. The van der Waals surface area contributed by atoms with Gasteiger partial charge in [-0.05, 0) is 54.9 Å². The Bertz CT molecular complexity index is 617. The van der Waals surface area contributed by atoms with E-state index in [4.69, 9.17) is 11.2 Å². The van der Waals surface area contributed by atoms with E-state index in [2.05, 4.69) is 29.0 Å². The molecule has 4 rings (SSSR count). The Morgan fingerprint density at radius 3 is 3.09 bits per heavy atom. The van der Waals surface area contributed by atoms with Crippen molar-refractivity contribution in [2.75, 3.05) is 20.2 Å². The first-order chi connectivity index (χ1) is 10.8. The zero-order chi connectivity index (χ0) is 15.2. The maximum absolute atomic E-state index is 5.62. The number of terminal acetylenes is 1. The van der Waals surface area contributed by atoms with Crippen molar-refractivity contribution in [3.05, 3.63) is 29.3 Å². The van der Waals surface area contributed by atoms with Gasteiger partial charge in [0, 0.05) is 18.0 Å². The molecule has 2 fully saturated rings. The monoisotopic (exact) mass is 295 g/mol. The summed E-state index contributed by atoms with van der Waals surface area (Å²) in [6, 6.07) is 7.40. The zero-order valence-electron chi connectivity index (χ0n) is 13.5. The Balaban J connectivity index is 1.82. The van der Waals surface area contributed by atoms with Crippen LogP contribution >= 0.6 is 0 Å². The fourth-order valence-electron chi connectivity index (χ4n) is 5.50. The first-order valence-corrected chi connectivity index (χ1v) is 8.63. The van der Waals surface area contributed by atoms with Gasteiger partial charge < -0.3 is 4.74 Å². The number of likely N-dealkylation sites (tertiary alicyclic amines) is 1. The van der Waals surface area contributed by atoms with E-state index in [1.165, 1.54) is 37.7 Å². The lowest BCUT2D eigenvalue weighted by Gasteiger charge is -2.59. The number of ether oxygens (including phenoxy) is 1. The maximum atomic E-state index is 5.62. The fraction of sp³-hybridized carbons (Fsp3) is 0.600. The van der Waals surface area contributed by atoms with E-state index in [0.717, 1.165) is 31.2 Å². The molecule has 1 heterocycles. The summed E-state index contributed by atoms with van der Waals surface area (Å²) in [5.74, 6) is 4.68. The third-order valence-corrected chi connectivity index (χ3v) is 6.45. The van der Waals surface area contributed by atoms with Crippen LogP contribution in [0.25, 0.3) is 0 Å². The summed E-state index contributed by atoms with van der Waals surface area (Å²) in [5.41, 5.74) is 3.51.